The number of carbonyl (C=O) groups excluding carboxylic acids is 3. The fourth-order valence-corrected chi connectivity index (χ4v) is 0.295. The summed E-state index contributed by atoms with van der Waals surface area (Å²) in [5, 5.41) is 8.21. The van der Waals surface area contributed by atoms with E-state index in [1.165, 1.54) is 0 Å². The van der Waals surface area contributed by atoms with E-state index in [2.05, 4.69) is 4.74 Å². The first kappa shape index (κ1) is 9.57. The largest absolute Gasteiger partial charge is 0.449 e. The Balaban J connectivity index is 4.04. The second kappa shape index (κ2) is 3.67. The molecule has 0 bridgehead atoms. The highest BCUT2D eigenvalue weighted by Crippen LogP contribution is 1.90. The number of hydrogen-bond acceptors (Lipinski definition) is 5. The van der Waals surface area contributed by atoms with Gasteiger partial charge in [-0.05, 0) is 0 Å². The van der Waals surface area contributed by atoms with Crippen LogP contribution in [0.1, 0.15) is 13.8 Å². The lowest BCUT2D eigenvalue weighted by Crippen LogP contribution is -2.33. The van der Waals surface area contributed by atoms with Gasteiger partial charge in [0.1, 0.15) is 0 Å². The normalized spacial score (nSPS) is 8.64. The van der Waals surface area contributed by atoms with Gasteiger partial charge in [-0.15, -0.1) is 5.06 Å². The predicted octanol–water partition coefficient (Wildman–Crippen LogP) is -0.0928. The van der Waals surface area contributed by atoms with Gasteiger partial charge in [0.15, 0.2) is 0 Å². The van der Waals surface area contributed by atoms with E-state index in [1.54, 1.807) is 0 Å². The second-order valence-electron chi connectivity index (χ2n) is 1.69. The lowest BCUT2D eigenvalue weighted by molar-refractivity contribution is -0.158. The summed E-state index contributed by atoms with van der Waals surface area (Å²) in [6.07, 6.45) is -1.40. The molecule has 0 aliphatic heterocycles. The van der Waals surface area contributed by atoms with Gasteiger partial charge in [0.05, 0.1) is 0 Å². The number of esters is 1. The second-order valence-corrected chi connectivity index (χ2v) is 1.69. The summed E-state index contributed by atoms with van der Waals surface area (Å²) in [5.41, 5.74) is 0. The average molecular weight is 161 g/mol. The van der Waals surface area contributed by atoms with Crippen molar-refractivity contribution in [3.63, 3.8) is 0 Å². The molecule has 6 nitrogen and oxygen atoms in total. The van der Waals surface area contributed by atoms with Crippen LogP contribution >= 0.6 is 0 Å². The molecule has 0 saturated carbocycles. The number of ether oxygens (including phenoxy) is 1. The fraction of sp³-hybridized carbons (Fsp3) is 0.400. The van der Waals surface area contributed by atoms with Gasteiger partial charge in [-0.25, -0.2) is 4.79 Å². The standard InChI is InChI=1S/C5H7NO5/c1-3(7)6(10)5(9)11-4(2)8/h10H,1-2H3. The van der Waals surface area contributed by atoms with E-state index in [0.29, 0.717) is 0 Å². The average Bonchev–Trinajstić information content (AvgIpc) is 1.84. The number of nitrogens with zero attached hydrogens (tertiary/aromatic N) is 1. The molecular formula is C5H7NO5. The Hall–Kier alpha value is -1.43. The van der Waals surface area contributed by atoms with Crippen LogP contribution in [0.3, 0.4) is 0 Å². The van der Waals surface area contributed by atoms with Crippen molar-refractivity contribution in [3.8, 4) is 0 Å². The summed E-state index contributed by atoms with van der Waals surface area (Å²) in [4.78, 5) is 30.7. The van der Waals surface area contributed by atoms with E-state index in [-0.39, 0.29) is 5.06 Å². The van der Waals surface area contributed by atoms with Crippen molar-refractivity contribution in [1.82, 2.24) is 5.06 Å². The Kier molecular flexibility index (Phi) is 3.19. The van der Waals surface area contributed by atoms with Crippen molar-refractivity contribution in [3.05, 3.63) is 0 Å². The van der Waals surface area contributed by atoms with Crippen molar-refractivity contribution < 1.29 is 24.3 Å². The Morgan fingerprint density at radius 2 is 1.73 bits per heavy atom. The first-order valence-electron chi connectivity index (χ1n) is 2.67. The van der Waals surface area contributed by atoms with Crippen LogP contribution in [0.4, 0.5) is 4.79 Å². The maximum atomic E-state index is 10.4. The number of hydroxylamine groups is 2. The van der Waals surface area contributed by atoms with E-state index in [1.807, 2.05) is 0 Å². The Morgan fingerprint density at radius 1 is 1.27 bits per heavy atom. The van der Waals surface area contributed by atoms with E-state index < -0.39 is 18.0 Å². The topological polar surface area (TPSA) is 83.9 Å². The van der Waals surface area contributed by atoms with Crippen LogP contribution in [0.2, 0.25) is 0 Å². The maximum Gasteiger partial charge on any atom is 0.449 e. The molecule has 0 unspecified atom stereocenters. The van der Waals surface area contributed by atoms with Gasteiger partial charge >= 0.3 is 12.1 Å². The Labute approximate surface area is 62.3 Å². The highest BCUT2D eigenvalue weighted by atomic mass is 16.7. The molecule has 0 rings (SSSR count). The van der Waals surface area contributed by atoms with Gasteiger partial charge in [0.25, 0.3) is 5.91 Å². The lowest BCUT2D eigenvalue weighted by Gasteiger charge is -2.07. The van der Waals surface area contributed by atoms with Crippen LogP contribution in [0.15, 0.2) is 0 Å². The molecule has 0 fully saturated rings. The van der Waals surface area contributed by atoms with Crippen LogP contribution in [0.25, 0.3) is 0 Å². The summed E-state index contributed by atoms with van der Waals surface area (Å²) in [7, 11) is 0. The third kappa shape index (κ3) is 3.31. The van der Waals surface area contributed by atoms with Gasteiger partial charge < -0.3 is 4.74 Å². The first-order valence-corrected chi connectivity index (χ1v) is 2.67. The molecule has 11 heavy (non-hydrogen) atoms. The van der Waals surface area contributed by atoms with Crippen LogP contribution < -0.4 is 0 Å². The van der Waals surface area contributed by atoms with Gasteiger partial charge in [-0.1, -0.05) is 0 Å². The molecule has 0 atom stereocenters. The van der Waals surface area contributed by atoms with Crippen molar-refractivity contribution in [2.75, 3.05) is 0 Å². The number of carbonyl (C=O) groups is 3. The van der Waals surface area contributed by atoms with Gasteiger partial charge in [0, 0.05) is 13.8 Å². The van der Waals surface area contributed by atoms with E-state index in [0.717, 1.165) is 13.8 Å². The fourth-order valence-electron chi connectivity index (χ4n) is 0.295. The molecular weight excluding hydrogens is 154 g/mol. The van der Waals surface area contributed by atoms with E-state index in [9.17, 15) is 14.4 Å². The molecule has 0 aromatic carbocycles. The number of rotatable bonds is 0. The molecule has 0 saturated heterocycles. The van der Waals surface area contributed by atoms with Crippen LogP contribution in [-0.4, -0.2) is 28.2 Å². The number of hydrogen-bond donors (Lipinski definition) is 1. The number of amides is 2. The zero-order valence-corrected chi connectivity index (χ0v) is 6.03. The monoisotopic (exact) mass is 161 g/mol. The summed E-state index contributed by atoms with van der Waals surface area (Å²) < 4.78 is 3.85. The van der Waals surface area contributed by atoms with Crippen molar-refractivity contribution in [1.29, 1.82) is 0 Å². The molecule has 0 aromatic heterocycles. The predicted molar refractivity (Wildman–Crippen MR) is 31.5 cm³/mol. The quantitative estimate of drug-likeness (QED) is 0.232. The van der Waals surface area contributed by atoms with E-state index >= 15 is 0 Å². The lowest BCUT2D eigenvalue weighted by atomic mass is 10.7. The third-order valence-corrected chi connectivity index (χ3v) is 0.702. The molecule has 0 heterocycles. The molecule has 6 heteroatoms. The zero-order chi connectivity index (χ0) is 9.02. The highest BCUT2D eigenvalue weighted by Gasteiger charge is 2.18. The van der Waals surface area contributed by atoms with Gasteiger partial charge in [-0.3, -0.25) is 14.8 Å². The van der Waals surface area contributed by atoms with Crippen molar-refractivity contribution in [2.45, 2.75) is 13.8 Å². The molecule has 2 amide bonds. The summed E-state index contributed by atoms with van der Waals surface area (Å²) in [6.45, 7) is 1.92. The molecule has 0 aliphatic rings. The minimum Gasteiger partial charge on any atom is -0.375 e. The molecule has 0 aromatic rings. The molecule has 62 valence electrons. The third-order valence-electron chi connectivity index (χ3n) is 0.702. The van der Waals surface area contributed by atoms with Crippen LogP contribution in [-0.2, 0) is 14.3 Å². The SMILES string of the molecule is CC(=O)OC(=O)N(O)C(C)=O. The van der Waals surface area contributed by atoms with Crippen LogP contribution in [0, 0.1) is 0 Å². The molecule has 0 spiro atoms. The molecule has 0 aliphatic carbocycles. The van der Waals surface area contributed by atoms with E-state index in [4.69, 9.17) is 5.21 Å². The Bertz CT molecular complexity index is 199. The van der Waals surface area contributed by atoms with Crippen molar-refractivity contribution >= 4 is 18.0 Å². The van der Waals surface area contributed by atoms with Gasteiger partial charge in [0.2, 0.25) is 0 Å². The van der Waals surface area contributed by atoms with Gasteiger partial charge in [-0.2, -0.15) is 0 Å². The number of imide groups is 1. The first-order chi connectivity index (χ1) is 4.95. The van der Waals surface area contributed by atoms with Crippen molar-refractivity contribution in [2.24, 2.45) is 0 Å². The minimum absolute atomic E-state index is 0.290. The highest BCUT2D eigenvalue weighted by molar-refractivity contribution is 5.93. The molecule has 0 radical (unpaired) electrons. The maximum absolute atomic E-state index is 10.4. The zero-order valence-electron chi connectivity index (χ0n) is 6.03. The summed E-state index contributed by atoms with van der Waals surface area (Å²) >= 11 is 0. The smallest absolute Gasteiger partial charge is 0.375 e. The van der Waals surface area contributed by atoms with Crippen LogP contribution in [0.5, 0.6) is 0 Å². The Morgan fingerprint density at radius 3 is 2.00 bits per heavy atom. The summed E-state index contributed by atoms with van der Waals surface area (Å²) in [5.74, 6) is -1.81. The minimum atomic E-state index is -1.40. The molecule has 1 N–H and O–H groups in total. The summed E-state index contributed by atoms with van der Waals surface area (Å²) in [6, 6.07) is 0.